The summed E-state index contributed by atoms with van der Waals surface area (Å²) in [5.74, 6) is -0.573. The predicted octanol–water partition coefficient (Wildman–Crippen LogP) is 2.72. The molecule has 3 aromatic rings. The molecule has 0 saturated heterocycles. The van der Waals surface area contributed by atoms with Crippen molar-refractivity contribution in [3.8, 4) is 0 Å². The molecular weight excluding hydrogens is 279 g/mol. The molecule has 0 atom stereocenters. The third kappa shape index (κ3) is 1.98. The van der Waals surface area contributed by atoms with Crippen molar-refractivity contribution in [1.82, 2.24) is 8.96 Å². The summed E-state index contributed by atoms with van der Waals surface area (Å²) in [5.41, 5.74) is 1.63. The predicted molar refractivity (Wildman–Crippen MR) is 73.5 cm³/mol. The Bertz CT molecular complexity index is 883. The second-order valence-electron chi connectivity index (χ2n) is 4.49. The van der Waals surface area contributed by atoms with Crippen molar-refractivity contribution in [3.63, 3.8) is 0 Å². The first-order valence-corrected chi connectivity index (χ1v) is 7.37. The smallest absolute Gasteiger partial charge is 0.252 e. The Kier molecular flexibility index (Phi) is 2.83. The maximum atomic E-state index is 13.3. The number of benzene rings is 1. The molecule has 0 bridgehead atoms. The number of aromatic nitrogens is 2. The minimum atomic E-state index is -3.75. The highest BCUT2D eigenvalue weighted by atomic mass is 32.2. The van der Waals surface area contributed by atoms with Gasteiger partial charge in [-0.2, -0.15) is 0 Å². The lowest BCUT2D eigenvalue weighted by atomic mass is 10.2. The summed E-state index contributed by atoms with van der Waals surface area (Å²) in [4.78, 5) is 4.02. The lowest BCUT2D eigenvalue weighted by molar-refractivity contribution is 0.589. The molecule has 20 heavy (non-hydrogen) atoms. The normalized spacial score (nSPS) is 11.9. The second kappa shape index (κ2) is 4.42. The van der Waals surface area contributed by atoms with Crippen LogP contribution in [0.15, 0.2) is 53.7 Å². The number of nitrogens with zero attached hydrogens (tertiary/aromatic N) is 2. The average molecular weight is 290 g/mol. The van der Waals surface area contributed by atoms with Crippen LogP contribution in [0.3, 0.4) is 0 Å². The van der Waals surface area contributed by atoms with Crippen molar-refractivity contribution in [2.75, 3.05) is 0 Å². The molecule has 6 heteroatoms. The Morgan fingerprint density at radius 2 is 1.85 bits per heavy atom. The zero-order valence-electron chi connectivity index (χ0n) is 10.6. The number of pyridine rings is 1. The van der Waals surface area contributed by atoms with Crippen molar-refractivity contribution in [2.45, 2.75) is 11.8 Å². The molecule has 0 radical (unpaired) electrons. The molecule has 0 aliphatic rings. The van der Waals surface area contributed by atoms with E-state index in [4.69, 9.17) is 0 Å². The van der Waals surface area contributed by atoms with E-state index in [2.05, 4.69) is 4.98 Å². The summed E-state index contributed by atoms with van der Waals surface area (Å²) in [6.45, 7) is 1.88. The van der Waals surface area contributed by atoms with Gasteiger partial charge in [0.1, 0.15) is 5.82 Å². The number of halogens is 1. The van der Waals surface area contributed by atoms with Gasteiger partial charge in [-0.05, 0) is 25.1 Å². The fourth-order valence-corrected chi connectivity index (χ4v) is 3.33. The van der Waals surface area contributed by atoms with Crippen molar-refractivity contribution >= 4 is 21.1 Å². The van der Waals surface area contributed by atoms with Crippen LogP contribution in [0, 0.1) is 12.7 Å². The monoisotopic (exact) mass is 290 g/mol. The summed E-state index contributed by atoms with van der Waals surface area (Å²) >= 11 is 0. The zero-order valence-corrected chi connectivity index (χ0v) is 11.4. The molecule has 0 aliphatic heterocycles. The molecular formula is C14H11FN2O2S. The van der Waals surface area contributed by atoms with Crippen LogP contribution in [-0.2, 0) is 10.0 Å². The molecule has 0 N–H and O–H groups in total. The largest absolute Gasteiger partial charge is 0.268 e. The molecule has 0 fully saturated rings. The number of fused-ring (bicyclic) bond motifs is 1. The number of rotatable bonds is 2. The van der Waals surface area contributed by atoms with Crippen LogP contribution in [-0.4, -0.2) is 17.4 Å². The van der Waals surface area contributed by atoms with Gasteiger partial charge in [-0.1, -0.05) is 17.7 Å². The first-order chi connectivity index (χ1) is 9.48. The van der Waals surface area contributed by atoms with Crippen LogP contribution in [0.2, 0.25) is 0 Å². The van der Waals surface area contributed by atoms with E-state index in [1.807, 2.05) is 6.92 Å². The highest BCUT2D eigenvalue weighted by Crippen LogP contribution is 2.21. The van der Waals surface area contributed by atoms with Crippen molar-refractivity contribution in [1.29, 1.82) is 0 Å². The van der Waals surface area contributed by atoms with Gasteiger partial charge < -0.3 is 0 Å². The fraction of sp³-hybridized carbons (Fsp3) is 0.0714. The molecule has 0 saturated carbocycles. The van der Waals surface area contributed by atoms with Crippen LogP contribution in [0.4, 0.5) is 4.39 Å². The summed E-state index contributed by atoms with van der Waals surface area (Å²) in [6, 6.07) is 9.20. The van der Waals surface area contributed by atoms with E-state index in [1.165, 1.54) is 18.3 Å². The number of hydrogen-bond acceptors (Lipinski definition) is 3. The van der Waals surface area contributed by atoms with E-state index in [0.717, 1.165) is 21.8 Å². The van der Waals surface area contributed by atoms with Gasteiger partial charge in [-0.25, -0.2) is 16.8 Å². The summed E-state index contributed by atoms with van der Waals surface area (Å²) in [5, 5.41) is 0. The maximum Gasteiger partial charge on any atom is 0.268 e. The number of aryl methyl sites for hydroxylation is 1. The highest BCUT2D eigenvalue weighted by molar-refractivity contribution is 7.90. The molecule has 1 aromatic carbocycles. The van der Waals surface area contributed by atoms with E-state index >= 15 is 0 Å². The summed E-state index contributed by atoms with van der Waals surface area (Å²) < 4.78 is 39.4. The topological polar surface area (TPSA) is 52.0 Å². The van der Waals surface area contributed by atoms with E-state index in [9.17, 15) is 12.8 Å². The molecule has 3 rings (SSSR count). The van der Waals surface area contributed by atoms with E-state index < -0.39 is 15.8 Å². The third-order valence-electron chi connectivity index (χ3n) is 3.05. The van der Waals surface area contributed by atoms with Gasteiger partial charge >= 0.3 is 0 Å². The van der Waals surface area contributed by atoms with Crippen molar-refractivity contribution in [2.24, 2.45) is 0 Å². The molecule has 2 aromatic heterocycles. The fourth-order valence-electron chi connectivity index (χ4n) is 2.00. The minimum absolute atomic E-state index is 0.157. The third-order valence-corrected chi connectivity index (χ3v) is 4.75. The first kappa shape index (κ1) is 12.8. The van der Waals surface area contributed by atoms with Crippen LogP contribution >= 0.6 is 0 Å². The molecule has 0 spiro atoms. The van der Waals surface area contributed by atoms with Gasteiger partial charge in [0.05, 0.1) is 22.1 Å². The van der Waals surface area contributed by atoms with Crippen LogP contribution < -0.4 is 0 Å². The Hall–Kier alpha value is -2.21. The number of hydrogen-bond donors (Lipinski definition) is 0. The molecule has 0 amide bonds. The minimum Gasteiger partial charge on any atom is -0.252 e. The Morgan fingerprint density at radius 3 is 2.55 bits per heavy atom. The maximum absolute atomic E-state index is 13.3. The van der Waals surface area contributed by atoms with E-state index in [0.29, 0.717) is 5.52 Å². The van der Waals surface area contributed by atoms with Crippen molar-refractivity contribution < 1.29 is 12.8 Å². The Balaban J connectivity index is 2.23. The molecule has 102 valence electrons. The quantitative estimate of drug-likeness (QED) is 0.729. The Labute approximate surface area is 115 Å². The first-order valence-electron chi connectivity index (χ1n) is 5.93. The standard InChI is InChI=1S/C14H11FN2O2S/c1-10-2-4-12(5-3-10)20(18,19)17-7-6-13-14(17)8-11(15)9-16-13/h2-9H,1H3. The molecule has 0 aliphatic carbocycles. The van der Waals surface area contributed by atoms with Crippen LogP contribution in [0.5, 0.6) is 0 Å². The second-order valence-corrected chi connectivity index (χ2v) is 6.30. The van der Waals surface area contributed by atoms with Crippen LogP contribution in [0.25, 0.3) is 11.0 Å². The molecule has 4 nitrogen and oxygen atoms in total. The van der Waals surface area contributed by atoms with Gasteiger partial charge in [-0.3, -0.25) is 4.98 Å². The van der Waals surface area contributed by atoms with Gasteiger partial charge in [-0.15, -0.1) is 0 Å². The van der Waals surface area contributed by atoms with E-state index in [-0.39, 0.29) is 10.4 Å². The lowest BCUT2D eigenvalue weighted by Gasteiger charge is -2.07. The summed E-state index contributed by atoms with van der Waals surface area (Å²) in [6.07, 6.45) is 2.44. The van der Waals surface area contributed by atoms with Gasteiger partial charge in [0.15, 0.2) is 0 Å². The Morgan fingerprint density at radius 1 is 1.15 bits per heavy atom. The van der Waals surface area contributed by atoms with Gasteiger partial charge in [0.2, 0.25) is 0 Å². The SMILES string of the molecule is Cc1ccc(S(=O)(=O)n2ccc3ncc(F)cc32)cc1. The zero-order chi connectivity index (χ0) is 14.3. The van der Waals surface area contributed by atoms with Crippen LogP contribution in [0.1, 0.15) is 5.56 Å². The van der Waals surface area contributed by atoms with Gasteiger partial charge in [0, 0.05) is 12.3 Å². The summed E-state index contributed by atoms with van der Waals surface area (Å²) in [7, 11) is -3.75. The lowest BCUT2D eigenvalue weighted by Crippen LogP contribution is -2.11. The van der Waals surface area contributed by atoms with E-state index in [1.54, 1.807) is 18.2 Å². The highest BCUT2D eigenvalue weighted by Gasteiger charge is 2.19. The van der Waals surface area contributed by atoms with Gasteiger partial charge in [0.25, 0.3) is 10.0 Å². The molecule has 0 unspecified atom stereocenters. The molecule has 2 heterocycles. The van der Waals surface area contributed by atoms with Crippen molar-refractivity contribution in [3.05, 3.63) is 60.2 Å². The average Bonchev–Trinajstić information content (AvgIpc) is 2.82.